The highest BCUT2D eigenvalue weighted by molar-refractivity contribution is 9.10. The van der Waals surface area contributed by atoms with Crippen LogP contribution in [0, 0.1) is 0 Å². The van der Waals surface area contributed by atoms with Gasteiger partial charge in [-0.1, -0.05) is 48.0 Å². The van der Waals surface area contributed by atoms with Crippen LogP contribution in [0.2, 0.25) is 0 Å². The first-order chi connectivity index (χ1) is 14.9. The Kier molecular flexibility index (Phi) is 9.34. The molecule has 0 bridgehead atoms. The van der Waals surface area contributed by atoms with E-state index in [1.54, 1.807) is 11.8 Å². The lowest BCUT2D eigenvalue weighted by atomic mass is 10.0. The molecule has 32 heavy (non-hydrogen) atoms. The minimum absolute atomic E-state index is 0.166. The van der Waals surface area contributed by atoms with Crippen LogP contribution in [0.3, 0.4) is 0 Å². The Hall–Kier alpha value is -1.86. The van der Waals surface area contributed by atoms with E-state index in [0.29, 0.717) is 18.2 Å². The first-order valence-electron chi connectivity index (χ1n) is 10.7. The van der Waals surface area contributed by atoms with E-state index in [-0.39, 0.29) is 18.4 Å². The third-order valence-corrected chi connectivity index (χ3v) is 5.99. The Morgan fingerprint density at radius 1 is 1.06 bits per heavy atom. The number of carbonyl (C=O) groups excluding carboxylic acids is 2. The molecule has 0 saturated carbocycles. The summed E-state index contributed by atoms with van der Waals surface area (Å²) in [6.45, 7) is 11.9. The molecule has 0 saturated heterocycles. The first kappa shape index (κ1) is 26.4. The standard InChI is InChI=1S/C25H32Br2N2O3/c1-16(2)19-10-11-22(21(27)13-19)32-15-23(30)29(14-18-8-7-9-20(26)12-18)17(3)24(31)28-25(4,5)6/h7-13,16-17H,14-15H2,1-6H3,(H,28,31)/t17-/m1/s1. The van der Waals surface area contributed by atoms with Crippen LogP contribution in [0.1, 0.15) is 58.6 Å². The molecule has 0 aliphatic heterocycles. The molecule has 1 atom stereocenters. The van der Waals surface area contributed by atoms with Crippen LogP contribution in [-0.4, -0.2) is 34.9 Å². The summed E-state index contributed by atoms with van der Waals surface area (Å²) < 4.78 is 7.54. The maximum atomic E-state index is 13.2. The Balaban J connectivity index is 2.20. The smallest absolute Gasteiger partial charge is 0.261 e. The van der Waals surface area contributed by atoms with E-state index in [4.69, 9.17) is 4.74 Å². The van der Waals surface area contributed by atoms with Crippen LogP contribution in [-0.2, 0) is 16.1 Å². The molecule has 2 rings (SSSR count). The number of amides is 2. The molecule has 0 heterocycles. The highest BCUT2D eigenvalue weighted by atomic mass is 79.9. The van der Waals surface area contributed by atoms with E-state index in [9.17, 15) is 9.59 Å². The van der Waals surface area contributed by atoms with Gasteiger partial charge in [-0.05, 0) is 84.9 Å². The van der Waals surface area contributed by atoms with Crippen molar-refractivity contribution in [3.05, 3.63) is 62.5 Å². The number of ether oxygens (including phenoxy) is 1. The zero-order valence-corrected chi connectivity index (χ0v) is 22.7. The van der Waals surface area contributed by atoms with E-state index >= 15 is 0 Å². The summed E-state index contributed by atoms with van der Waals surface area (Å²) in [6.07, 6.45) is 0. The maximum Gasteiger partial charge on any atom is 0.261 e. The first-order valence-corrected chi connectivity index (χ1v) is 12.2. The number of nitrogens with one attached hydrogen (secondary N) is 1. The molecular weight excluding hydrogens is 536 g/mol. The van der Waals surface area contributed by atoms with Crippen molar-refractivity contribution in [1.82, 2.24) is 10.2 Å². The molecule has 0 fully saturated rings. The molecule has 1 N–H and O–H groups in total. The highest BCUT2D eigenvalue weighted by Crippen LogP contribution is 2.29. The molecule has 2 aromatic rings. The van der Waals surface area contributed by atoms with E-state index in [0.717, 1.165) is 14.5 Å². The van der Waals surface area contributed by atoms with Crippen molar-refractivity contribution in [3.8, 4) is 5.75 Å². The molecule has 5 nitrogen and oxygen atoms in total. The zero-order valence-electron chi connectivity index (χ0n) is 19.5. The monoisotopic (exact) mass is 566 g/mol. The zero-order chi connectivity index (χ0) is 24.1. The quantitative estimate of drug-likeness (QED) is 0.422. The molecule has 0 unspecified atom stereocenters. The molecule has 0 aliphatic rings. The number of benzene rings is 2. The van der Waals surface area contributed by atoms with Gasteiger partial charge >= 0.3 is 0 Å². The van der Waals surface area contributed by atoms with Gasteiger partial charge in [-0.15, -0.1) is 0 Å². The van der Waals surface area contributed by atoms with Gasteiger partial charge in [0.05, 0.1) is 4.47 Å². The number of rotatable bonds is 8. The van der Waals surface area contributed by atoms with Crippen molar-refractivity contribution in [3.63, 3.8) is 0 Å². The fourth-order valence-corrected chi connectivity index (χ4v) is 4.06. The Bertz CT molecular complexity index is 954. The number of carbonyl (C=O) groups is 2. The normalized spacial score (nSPS) is 12.4. The Morgan fingerprint density at radius 2 is 1.75 bits per heavy atom. The SMILES string of the molecule is CC(C)c1ccc(OCC(=O)N(Cc2cccc(Br)c2)[C@H](C)C(=O)NC(C)(C)C)c(Br)c1. The Labute approximate surface area is 208 Å². The van der Waals surface area contributed by atoms with Crippen molar-refractivity contribution in [2.75, 3.05) is 6.61 Å². The van der Waals surface area contributed by atoms with Gasteiger partial charge in [0.1, 0.15) is 11.8 Å². The van der Waals surface area contributed by atoms with Crippen LogP contribution >= 0.6 is 31.9 Å². The summed E-state index contributed by atoms with van der Waals surface area (Å²) in [7, 11) is 0. The van der Waals surface area contributed by atoms with E-state index in [2.05, 4.69) is 51.0 Å². The minimum Gasteiger partial charge on any atom is -0.483 e. The topological polar surface area (TPSA) is 58.6 Å². The molecule has 0 aromatic heterocycles. The summed E-state index contributed by atoms with van der Waals surface area (Å²) in [5.74, 6) is 0.520. The molecule has 0 spiro atoms. The summed E-state index contributed by atoms with van der Waals surface area (Å²) in [5, 5.41) is 2.96. The van der Waals surface area contributed by atoms with E-state index in [1.165, 1.54) is 5.56 Å². The number of nitrogens with zero attached hydrogens (tertiary/aromatic N) is 1. The van der Waals surface area contributed by atoms with E-state index < -0.39 is 11.6 Å². The fourth-order valence-electron chi connectivity index (χ4n) is 3.10. The second kappa shape index (κ2) is 11.3. The van der Waals surface area contributed by atoms with Crippen LogP contribution in [0.5, 0.6) is 5.75 Å². The van der Waals surface area contributed by atoms with Crippen LogP contribution in [0.25, 0.3) is 0 Å². The van der Waals surface area contributed by atoms with Gasteiger partial charge in [0.2, 0.25) is 5.91 Å². The summed E-state index contributed by atoms with van der Waals surface area (Å²) in [6, 6.07) is 12.9. The van der Waals surface area contributed by atoms with Crippen molar-refractivity contribution in [2.45, 2.75) is 65.6 Å². The van der Waals surface area contributed by atoms with Crippen molar-refractivity contribution in [1.29, 1.82) is 0 Å². The predicted molar refractivity (Wildman–Crippen MR) is 136 cm³/mol. The van der Waals surface area contributed by atoms with Gasteiger partial charge in [-0.3, -0.25) is 9.59 Å². The Morgan fingerprint density at radius 3 is 2.31 bits per heavy atom. The van der Waals surface area contributed by atoms with Crippen molar-refractivity contribution in [2.24, 2.45) is 0 Å². The lowest BCUT2D eigenvalue weighted by Crippen LogP contribution is -2.53. The van der Waals surface area contributed by atoms with Crippen LogP contribution < -0.4 is 10.1 Å². The van der Waals surface area contributed by atoms with Gasteiger partial charge in [-0.2, -0.15) is 0 Å². The van der Waals surface area contributed by atoms with Crippen LogP contribution in [0.15, 0.2) is 51.4 Å². The predicted octanol–water partition coefficient (Wildman–Crippen LogP) is 6.05. The molecule has 2 amide bonds. The fraction of sp³-hybridized carbons (Fsp3) is 0.440. The molecule has 174 valence electrons. The molecular formula is C25H32Br2N2O3. The average molecular weight is 568 g/mol. The lowest BCUT2D eigenvalue weighted by Gasteiger charge is -2.31. The van der Waals surface area contributed by atoms with Gasteiger partial charge in [0.15, 0.2) is 6.61 Å². The molecule has 7 heteroatoms. The number of hydrogen-bond donors (Lipinski definition) is 1. The average Bonchev–Trinajstić information content (AvgIpc) is 2.69. The van der Waals surface area contributed by atoms with Crippen LogP contribution in [0.4, 0.5) is 0 Å². The molecule has 0 aliphatic carbocycles. The third-order valence-electron chi connectivity index (χ3n) is 4.88. The van der Waals surface area contributed by atoms with Gasteiger partial charge in [0.25, 0.3) is 5.91 Å². The number of halogens is 2. The summed E-state index contributed by atoms with van der Waals surface area (Å²) in [4.78, 5) is 27.6. The minimum atomic E-state index is -0.656. The number of hydrogen-bond acceptors (Lipinski definition) is 3. The molecule has 0 radical (unpaired) electrons. The van der Waals surface area contributed by atoms with Crippen molar-refractivity contribution < 1.29 is 14.3 Å². The second-order valence-electron chi connectivity index (χ2n) is 9.20. The third kappa shape index (κ3) is 7.93. The van der Waals surface area contributed by atoms with Gasteiger partial charge < -0.3 is 15.0 Å². The second-order valence-corrected chi connectivity index (χ2v) is 11.0. The van der Waals surface area contributed by atoms with E-state index in [1.807, 2.05) is 63.2 Å². The summed E-state index contributed by atoms with van der Waals surface area (Å²) in [5.41, 5.74) is 1.71. The lowest BCUT2D eigenvalue weighted by molar-refractivity contribution is -0.142. The van der Waals surface area contributed by atoms with Crippen molar-refractivity contribution >= 4 is 43.7 Å². The highest BCUT2D eigenvalue weighted by Gasteiger charge is 2.28. The van der Waals surface area contributed by atoms with Gasteiger partial charge in [0, 0.05) is 16.6 Å². The summed E-state index contributed by atoms with van der Waals surface area (Å²) >= 11 is 7.00. The molecule has 2 aromatic carbocycles. The maximum absolute atomic E-state index is 13.2. The van der Waals surface area contributed by atoms with Gasteiger partial charge in [-0.25, -0.2) is 0 Å². The largest absolute Gasteiger partial charge is 0.483 e.